The molecule has 1 aromatic carbocycles. The van der Waals surface area contributed by atoms with Crippen molar-refractivity contribution in [3.05, 3.63) is 85.9 Å². The number of aromatic nitrogens is 1. The predicted molar refractivity (Wildman–Crippen MR) is 138 cm³/mol. The quantitative estimate of drug-likeness (QED) is 0.517. The number of hydrogen-bond acceptors (Lipinski definition) is 5. The zero-order valence-corrected chi connectivity index (χ0v) is 20.9. The first-order valence-electron chi connectivity index (χ1n) is 11.8. The standard InChI is InChI=1S/C26H25ClN4O4S/c27-22-11-10-21(36-22)25(34)29-20-15-30(26(35)17-4-5-17)14-12-19(20)28-24(33)16-6-8-18(9-7-16)31-13-2-1-3-23(31)32/h1-3,6-11,13,17,19-20H,4-5,12,14-15H2,(H,28,33)(H,29,34). The Hall–Kier alpha value is -3.43. The summed E-state index contributed by atoms with van der Waals surface area (Å²) in [5.74, 6) is -0.369. The molecule has 2 unspecified atom stereocenters. The van der Waals surface area contributed by atoms with E-state index in [1.807, 2.05) is 0 Å². The Bertz CT molecular complexity index is 1350. The molecule has 186 valence electrons. The maximum atomic E-state index is 13.1. The Balaban J connectivity index is 1.30. The van der Waals surface area contributed by atoms with Crippen molar-refractivity contribution < 1.29 is 14.4 Å². The van der Waals surface area contributed by atoms with Crippen molar-refractivity contribution in [3.63, 3.8) is 0 Å². The molecule has 36 heavy (non-hydrogen) atoms. The van der Waals surface area contributed by atoms with Crippen molar-refractivity contribution in [2.45, 2.75) is 31.3 Å². The van der Waals surface area contributed by atoms with E-state index in [4.69, 9.17) is 11.6 Å². The summed E-state index contributed by atoms with van der Waals surface area (Å²) in [5.41, 5.74) is 0.936. The fourth-order valence-corrected chi connectivity index (χ4v) is 5.35. The number of piperidine rings is 1. The highest BCUT2D eigenvalue weighted by Gasteiger charge is 2.39. The average molecular weight is 525 g/mol. The summed E-state index contributed by atoms with van der Waals surface area (Å²) in [6, 6.07) is 14.2. The minimum absolute atomic E-state index is 0.0826. The Morgan fingerprint density at radius 2 is 1.64 bits per heavy atom. The van der Waals surface area contributed by atoms with Crippen molar-refractivity contribution in [1.82, 2.24) is 20.1 Å². The number of halogens is 1. The average Bonchev–Trinajstić information content (AvgIpc) is 3.64. The van der Waals surface area contributed by atoms with E-state index in [2.05, 4.69) is 10.6 Å². The molecule has 2 aromatic heterocycles. The van der Waals surface area contributed by atoms with Crippen molar-refractivity contribution >= 4 is 40.7 Å². The Labute approximate surface area is 216 Å². The molecule has 0 bridgehead atoms. The topological polar surface area (TPSA) is 101 Å². The second-order valence-corrected chi connectivity index (χ2v) is 10.8. The maximum Gasteiger partial charge on any atom is 0.261 e. The van der Waals surface area contributed by atoms with Gasteiger partial charge >= 0.3 is 0 Å². The number of pyridine rings is 1. The summed E-state index contributed by atoms with van der Waals surface area (Å²) in [7, 11) is 0. The van der Waals surface area contributed by atoms with Crippen LogP contribution in [-0.4, -0.2) is 52.4 Å². The van der Waals surface area contributed by atoms with Gasteiger partial charge in [-0.05, 0) is 61.7 Å². The normalized spacial score (nSPS) is 19.5. The smallest absolute Gasteiger partial charge is 0.261 e. The zero-order valence-electron chi connectivity index (χ0n) is 19.4. The summed E-state index contributed by atoms with van der Waals surface area (Å²) in [6.45, 7) is 0.855. The van der Waals surface area contributed by atoms with Crippen LogP contribution in [0.1, 0.15) is 39.3 Å². The van der Waals surface area contributed by atoms with Crippen LogP contribution >= 0.6 is 22.9 Å². The van der Waals surface area contributed by atoms with Gasteiger partial charge in [-0.25, -0.2) is 0 Å². The number of likely N-dealkylation sites (tertiary alicyclic amines) is 1. The Kier molecular flexibility index (Phi) is 6.93. The van der Waals surface area contributed by atoms with E-state index in [0.29, 0.717) is 40.0 Å². The third-order valence-corrected chi connectivity index (χ3v) is 7.74. The van der Waals surface area contributed by atoms with E-state index in [1.165, 1.54) is 22.0 Å². The summed E-state index contributed by atoms with van der Waals surface area (Å²) in [5, 5.41) is 6.04. The number of nitrogens with one attached hydrogen (secondary N) is 2. The van der Waals surface area contributed by atoms with Crippen LogP contribution in [0.15, 0.2) is 65.6 Å². The second kappa shape index (κ2) is 10.3. The van der Waals surface area contributed by atoms with E-state index in [1.54, 1.807) is 59.6 Å². The van der Waals surface area contributed by atoms with Crippen LogP contribution in [0, 0.1) is 5.92 Å². The van der Waals surface area contributed by atoms with Gasteiger partial charge in [0.15, 0.2) is 0 Å². The molecule has 1 aliphatic carbocycles. The summed E-state index contributed by atoms with van der Waals surface area (Å²) in [6.07, 6.45) is 4.01. The fraction of sp³-hybridized carbons (Fsp3) is 0.308. The molecule has 2 aliphatic rings. The number of hydrogen-bond donors (Lipinski definition) is 2. The molecular weight excluding hydrogens is 500 g/mol. The van der Waals surface area contributed by atoms with Gasteiger partial charge in [0.1, 0.15) is 0 Å². The van der Waals surface area contributed by atoms with Crippen LogP contribution in [0.3, 0.4) is 0 Å². The SMILES string of the molecule is O=C(NC1CCN(C(=O)C2CC2)CC1NC(=O)c1ccc(Cl)s1)c1ccc(-n2ccccc2=O)cc1. The van der Waals surface area contributed by atoms with Gasteiger partial charge in [0.2, 0.25) is 5.91 Å². The molecule has 3 amide bonds. The maximum absolute atomic E-state index is 13.1. The highest BCUT2D eigenvalue weighted by Crippen LogP contribution is 2.32. The zero-order chi connectivity index (χ0) is 25.2. The van der Waals surface area contributed by atoms with Gasteiger partial charge in [0.25, 0.3) is 17.4 Å². The highest BCUT2D eigenvalue weighted by molar-refractivity contribution is 7.18. The monoisotopic (exact) mass is 524 g/mol. The number of amides is 3. The molecule has 1 saturated carbocycles. The van der Waals surface area contributed by atoms with Gasteiger partial charge in [-0.2, -0.15) is 0 Å². The lowest BCUT2D eigenvalue weighted by molar-refractivity contribution is -0.134. The molecule has 2 atom stereocenters. The molecule has 1 saturated heterocycles. The van der Waals surface area contributed by atoms with E-state index in [-0.39, 0.29) is 35.2 Å². The number of benzene rings is 1. The van der Waals surface area contributed by atoms with Crippen molar-refractivity contribution in [2.24, 2.45) is 5.92 Å². The number of thiophene rings is 1. The summed E-state index contributed by atoms with van der Waals surface area (Å²) < 4.78 is 2.01. The molecule has 0 radical (unpaired) electrons. The molecule has 1 aliphatic heterocycles. The minimum atomic E-state index is -0.444. The van der Waals surface area contributed by atoms with Gasteiger partial charge in [0, 0.05) is 42.5 Å². The van der Waals surface area contributed by atoms with E-state index >= 15 is 0 Å². The lowest BCUT2D eigenvalue weighted by Gasteiger charge is -2.39. The molecule has 10 heteroatoms. The first-order valence-corrected chi connectivity index (χ1v) is 13.0. The number of carbonyl (C=O) groups excluding carboxylic acids is 3. The third-order valence-electron chi connectivity index (χ3n) is 6.51. The Morgan fingerprint density at radius 3 is 2.31 bits per heavy atom. The molecule has 2 N–H and O–H groups in total. The summed E-state index contributed by atoms with van der Waals surface area (Å²) >= 11 is 7.17. The van der Waals surface area contributed by atoms with Crippen LogP contribution < -0.4 is 16.2 Å². The molecule has 5 rings (SSSR count). The van der Waals surface area contributed by atoms with Gasteiger partial charge < -0.3 is 15.5 Å². The second-order valence-electron chi connectivity index (χ2n) is 9.07. The number of rotatable bonds is 6. The number of nitrogens with zero attached hydrogens (tertiary/aromatic N) is 2. The van der Waals surface area contributed by atoms with Crippen LogP contribution in [0.25, 0.3) is 5.69 Å². The molecule has 2 fully saturated rings. The van der Waals surface area contributed by atoms with Crippen molar-refractivity contribution in [1.29, 1.82) is 0 Å². The number of carbonyl (C=O) groups is 3. The lowest BCUT2D eigenvalue weighted by atomic mass is 9.97. The molecule has 3 aromatic rings. The van der Waals surface area contributed by atoms with Crippen LogP contribution in [0.4, 0.5) is 0 Å². The van der Waals surface area contributed by atoms with E-state index in [0.717, 1.165) is 12.8 Å². The lowest BCUT2D eigenvalue weighted by Crippen LogP contribution is -2.61. The highest BCUT2D eigenvalue weighted by atomic mass is 35.5. The van der Waals surface area contributed by atoms with E-state index < -0.39 is 6.04 Å². The van der Waals surface area contributed by atoms with E-state index in [9.17, 15) is 19.2 Å². The molecule has 0 spiro atoms. The summed E-state index contributed by atoms with van der Waals surface area (Å²) in [4.78, 5) is 52.9. The fourth-order valence-electron chi connectivity index (χ4n) is 4.40. The molecular formula is C26H25ClN4O4S. The first kappa shape index (κ1) is 24.3. The van der Waals surface area contributed by atoms with Crippen LogP contribution in [0.5, 0.6) is 0 Å². The van der Waals surface area contributed by atoms with Gasteiger partial charge in [-0.1, -0.05) is 17.7 Å². The van der Waals surface area contributed by atoms with Gasteiger partial charge in [0.05, 0.1) is 21.3 Å². The predicted octanol–water partition coefficient (Wildman–Crippen LogP) is 3.09. The largest absolute Gasteiger partial charge is 0.347 e. The van der Waals surface area contributed by atoms with Crippen LogP contribution in [0.2, 0.25) is 4.34 Å². The van der Waals surface area contributed by atoms with Gasteiger partial charge in [-0.15, -0.1) is 11.3 Å². The van der Waals surface area contributed by atoms with Crippen molar-refractivity contribution in [2.75, 3.05) is 13.1 Å². The van der Waals surface area contributed by atoms with Gasteiger partial charge in [-0.3, -0.25) is 23.7 Å². The molecule has 3 heterocycles. The van der Waals surface area contributed by atoms with Crippen LogP contribution in [-0.2, 0) is 4.79 Å². The first-order chi connectivity index (χ1) is 17.4. The molecule has 8 nitrogen and oxygen atoms in total. The van der Waals surface area contributed by atoms with Crippen molar-refractivity contribution in [3.8, 4) is 5.69 Å². The minimum Gasteiger partial charge on any atom is -0.347 e. The Morgan fingerprint density at radius 1 is 0.889 bits per heavy atom. The third kappa shape index (κ3) is 5.37.